The van der Waals surface area contributed by atoms with Crippen LogP contribution in [0.3, 0.4) is 0 Å². The Morgan fingerprint density at radius 3 is 2.46 bits per heavy atom. The van der Waals surface area contributed by atoms with E-state index in [1.165, 1.54) is 6.08 Å². The van der Waals surface area contributed by atoms with Gasteiger partial charge in [-0.05, 0) is 89.8 Å². The average Bonchev–Trinajstić information content (AvgIpc) is 2.56. The monoisotopic (exact) mass is 452 g/mol. The third-order valence-electron chi connectivity index (χ3n) is 2.96. The minimum absolute atomic E-state index is 0.262. The summed E-state index contributed by atoms with van der Waals surface area (Å²) in [6, 6.07) is 15.2. The molecule has 2 aromatic rings. The van der Waals surface area contributed by atoms with Crippen molar-refractivity contribution in [3.05, 3.63) is 63.7 Å². The Morgan fingerprint density at radius 2 is 1.83 bits per heavy atom. The number of benzene rings is 2. The Kier molecular flexibility index (Phi) is 7.20. The van der Waals surface area contributed by atoms with Crippen LogP contribution in [0.2, 0.25) is 0 Å². The first-order valence-corrected chi connectivity index (χ1v) is 8.84. The maximum absolute atomic E-state index is 11.9. The first-order chi connectivity index (χ1) is 11.6. The fraction of sp³-hybridized carbons (Fsp3) is 0.111. The molecule has 0 radical (unpaired) electrons. The van der Waals surface area contributed by atoms with Crippen LogP contribution in [0.25, 0.3) is 6.08 Å². The minimum Gasteiger partial charge on any atom is -0.494 e. The van der Waals surface area contributed by atoms with Crippen LogP contribution in [0, 0.1) is 3.57 Å². The lowest BCUT2D eigenvalue weighted by atomic mass is 10.2. The van der Waals surface area contributed by atoms with Crippen molar-refractivity contribution in [3.63, 3.8) is 0 Å². The molecule has 0 bridgehead atoms. The van der Waals surface area contributed by atoms with Gasteiger partial charge in [0.1, 0.15) is 5.75 Å². The predicted molar refractivity (Wildman–Crippen MR) is 110 cm³/mol. The van der Waals surface area contributed by atoms with Crippen molar-refractivity contribution >= 4 is 57.6 Å². The molecule has 0 aliphatic rings. The molecule has 0 heterocycles. The van der Waals surface area contributed by atoms with Gasteiger partial charge in [-0.1, -0.05) is 12.1 Å². The number of hydrogen-bond acceptors (Lipinski definition) is 3. The summed E-state index contributed by atoms with van der Waals surface area (Å²) in [5.41, 5.74) is 1.74. The molecule has 0 spiro atoms. The average molecular weight is 452 g/mol. The number of carbonyl (C=O) groups is 1. The summed E-state index contributed by atoms with van der Waals surface area (Å²) >= 11 is 7.35. The van der Waals surface area contributed by atoms with Gasteiger partial charge in [0.15, 0.2) is 5.11 Å². The summed E-state index contributed by atoms with van der Waals surface area (Å²) in [4.78, 5) is 11.9. The van der Waals surface area contributed by atoms with Gasteiger partial charge in [0.2, 0.25) is 5.91 Å². The van der Waals surface area contributed by atoms with Crippen LogP contribution < -0.4 is 15.4 Å². The molecule has 0 aromatic heterocycles. The number of anilines is 1. The molecule has 0 aliphatic heterocycles. The molecule has 0 fully saturated rings. The first kappa shape index (κ1) is 18.4. The highest BCUT2D eigenvalue weighted by molar-refractivity contribution is 14.1. The normalized spacial score (nSPS) is 10.4. The Balaban J connectivity index is 1.85. The van der Waals surface area contributed by atoms with Gasteiger partial charge < -0.3 is 10.1 Å². The van der Waals surface area contributed by atoms with Gasteiger partial charge in [-0.25, -0.2) is 0 Å². The third-order valence-corrected chi connectivity index (χ3v) is 3.88. The van der Waals surface area contributed by atoms with Gasteiger partial charge in [-0.2, -0.15) is 0 Å². The van der Waals surface area contributed by atoms with Gasteiger partial charge in [0.05, 0.1) is 6.61 Å². The smallest absolute Gasteiger partial charge is 0.250 e. The van der Waals surface area contributed by atoms with E-state index in [9.17, 15) is 4.79 Å². The highest BCUT2D eigenvalue weighted by Gasteiger charge is 2.01. The summed E-state index contributed by atoms with van der Waals surface area (Å²) < 4.78 is 6.50. The van der Waals surface area contributed by atoms with E-state index in [0.717, 1.165) is 20.6 Å². The third kappa shape index (κ3) is 6.29. The molecule has 4 nitrogen and oxygen atoms in total. The Hall–Kier alpha value is -1.93. The molecule has 0 aliphatic carbocycles. The van der Waals surface area contributed by atoms with E-state index in [4.69, 9.17) is 17.0 Å². The number of thiocarbonyl (C=S) groups is 1. The van der Waals surface area contributed by atoms with Crippen LogP contribution in [0.4, 0.5) is 5.69 Å². The molecular formula is C18H17IN2O2S. The van der Waals surface area contributed by atoms with Crippen molar-refractivity contribution < 1.29 is 9.53 Å². The highest BCUT2D eigenvalue weighted by atomic mass is 127. The molecule has 24 heavy (non-hydrogen) atoms. The number of halogens is 1. The van der Waals surface area contributed by atoms with E-state index in [-0.39, 0.29) is 11.0 Å². The van der Waals surface area contributed by atoms with Crippen molar-refractivity contribution in [2.45, 2.75) is 6.92 Å². The van der Waals surface area contributed by atoms with Crippen LogP contribution in [-0.4, -0.2) is 17.6 Å². The molecule has 0 atom stereocenters. The number of hydrogen-bond donors (Lipinski definition) is 2. The van der Waals surface area contributed by atoms with E-state index in [2.05, 4.69) is 33.2 Å². The molecule has 0 saturated heterocycles. The molecule has 0 unspecified atom stereocenters. The van der Waals surface area contributed by atoms with Crippen molar-refractivity contribution in [2.75, 3.05) is 11.9 Å². The fourth-order valence-corrected chi connectivity index (χ4v) is 2.44. The number of carbonyl (C=O) groups excluding carboxylic acids is 1. The highest BCUT2D eigenvalue weighted by Crippen LogP contribution is 2.13. The van der Waals surface area contributed by atoms with Gasteiger partial charge in [-0.15, -0.1) is 0 Å². The lowest BCUT2D eigenvalue weighted by molar-refractivity contribution is -0.115. The lowest BCUT2D eigenvalue weighted by Gasteiger charge is -2.08. The molecule has 6 heteroatoms. The van der Waals surface area contributed by atoms with Crippen LogP contribution in [0.1, 0.15) is 12.5 Å². The standard InChI is InChI=1S/C18H17IN2O2S/c1-2-23-16-10-3-13(4-11-16)5-12-17(22)21-18(24)20-15-8-6-14(19)7-9-15/h3-12H,2H2,1H3,(H2,20,21,22,24)/b12-5+. The quantitative estimate of drug-likeness (QED) is 0.406. The second-order valence-electron chi connectivity index (χ2n) is 4.79. The van der Waals surface area contributed by atoms with E-state index in [1.54, 1.807) is 6.08 Å². The van der Waals surface area contributed by atoms with Crippen molar-refractivity contribution in [1.29, 1.82) is 0 Å². The Labute approximate surface area is 160 Å². The summed E-state index contributed by atoms with van der Waals surface area (Å²) in [6.07, 6.45) is 3.16. The van der Waals surface area contributed by atoms with Crippen LogP contribution in [0.15, 0.2) is 54.6 Å². The van der Waals surface area contributed by atoms with E-state index >= 15 is 0 Å². The number of nitrogens with one attached hydrogen (secondary N) is 2. The predicted octanol–water partition coefficient (Wildman–Crippen LogP) is 4.22. The van der Waals surface area contributed by atoms with E-state index in [0.29, 0.717) is 6.61 Å². The summed E-state index contributed by atoms with van der Waals surface area (Å²) in [5, 5.41) is 5.84. The van der Waals surface area contributed by atoms with Crippen molar-refractivity contribution in [3.8, 4) is 5.75 Å². The van der Waals surface area contributed by atoms with Crippen molar-refractivity contribution in [2.24, 2.45) is 0 Å². The van der Waals surface area contributed by atoms with Gasteiger partial charge in [0, 0.05) is 15.3 Å². The van der Waals surface area contributed by atoms with Crippen molar-refractivity contribution in [1.82, 2.24) is 5.32 Å². The maximum atomic E-state index is 11.9. The topological polar surface area (TPSA) is 50.4 Å². The Bertz CT molecular complexity index is 728. The summed E-state index contributed by atoms with van der Waals surface area (Å²) in [6.45, 7) is 2.56. The molecular weight excluding hydrogens is 435 g/mol. The maximum Gasteiger partial charge on any atom is 0.250 e. The molecule has 1 amide bonds. The molecule has 2 aromatic carbocycles. The van der Waals surface area contributed by atoms with E-state index in [1.807, 2.05) is 55.5 Å². The van der Waals surface area contributed by atoms with Crippen LogP contribution in [0.5, 0.6) is 5.75 Å². The lowest BCUT2D eigenvalue weighted by Crippen LogP contribution is -2.32. The molecule has 124 valence electrons. The second kappa shape index (κ2) is 9.39. The van der Waals surface area contributed by atoms with Crippen LogP contribution >= 0.6 is 34.8 Å². The van der Waals surface area contributed by atoms with Gasteiger partial charge >= 0.3 is 0 Å². The van der Waals surface area contributed by atoms with E-state index < -0.39 is 0 Å². The SMILES string of the molecule is CCOc1ccc(/C=C/C(=O)NC(=S)Nc2ccc(I)cc2)cc1. The van der Waals surface area contributed by atoms with Gasteiger partial charge in [-0.3, -0.25) is 10.1 Å². The molecule has 2 rings (SSSR count). The molecule has 2 N–H and O–H groups in total. The van der Waals surface area contributed by atoms with Gasteiger partial charge in [0.25, 0.3) is 0 Å². The largest absolute Gasteiger partial charge is 0.494 e. The number of amides is 1. The Morgan fingerprint density at radius 1 is 1.17 bits per heavy atom. The number of rotatable bonds is 5. The van der Waals surface area contributed by atoms with Crippen LogP contribution in [-0.2, 0) is 4.79 Å². The first-order valence-electron chi connectivity index (χ1n) is 7.35. The minimum atomic E-state index is -0.285. The second-order valence-corrected chi connectivity index (χ2v) is 6.44. The fourth-order valence-electron chi connectivity index (χ4n) is 1.86. The molecule has 0 saturated carbocycles. The zero-order valence-electron chi connectivity index (χ0n) is 13.1. The zero-order valence-corrected chi connectivity index (χ0v) is 16.1. The summed E-state index contributed by atoms with van der Waals surface area (Å²) in [5.74, 6) is 0.522. The summed E-state index contributed by atoms with van der Waals surface area (Å²) in [7, 11) is 0. The zero-order chi connectivity index (χ0) is 17.4. The number of ether oxygens (including phenoxy) is 1.